The van der Waals surface area contributed by atoms with E-state index in [9.17, 15) is 24.0 Å². The smallest absolute Gasteiger partial charge is 0.306 e. The molecule has 0 atom stereocenters. The molecule has 3 amide bonds. The number of Topliss-reactive ketones (excluding diaryl/α,β-unsaturated/α-hetero) is 1. The zero-order chi connectivity index (χ0) is 21.9. The number of esters is 1. The Hall–Kier alpha value is -4.01. The van der Waals surface area contributed by atoms with Crippen LogP contribution in [-0.4, -0.2) is 36.1 Å². The van der Waals surface area contributed by atoms with Crippen molar-refractivity contribution in [1.82, 2.24) is 10.9 Å². The average Bonchev–Trinajstić information content (AvgIpc) is 2.75. The van der Waals surface area contributed by atoms with Crippen LogP contribution < -0.4 is 16.2 Å². The van der Waals surface area contributed by atoms with Crippen LogP contribution in [0.5, 0.6) is 0 Å². The number of carbonyl (C=O) groups excluding carboxylic acids is 5. The van der Waals surface area contributed by atoms with Gasteiger partial charge in [0.05, 0.1) is 6.42 Å². The minimum absolute atomic E-state index is 0.143. The van der Waals surface area contributed by atoms with Crippen molar-refractivity contribution >= 4 is 35.2 Å². The number of nitrogens with one attached hydrogen (secondary N) is 3. The SMILES string of the molecule is CC(=O)c1cccc(NC(=O)COC(=O)CCC(=O)NNC(=O)c2ccccc2)c1. The van der Waals surface area contributed by atoms with Crippen LogP contribution in [0.1, 0.15) is 40.5 Å². The third-order valence-corrected chi connectivity index (χ3v) is 3.82. The van der Waals surface area contributed by atoms with Crippen molar-refractivity contribution in [3.8, 4) is 0 Å². The van der Waals surface area contributed by atoms with Gasteiger partial charge in [-0.3, -0.25) is 34.8 Å². The highest BCUT2D eigenvalue weighted by Gasteiger charge is 2.12. The topological polar surface area (TPSA) is 131 Å². The van der Waals surface area contributed by atoms with Gasteiger partial charge in [0, 0.05) is 23.2 Å². The van der Waals surface area contributed by atoms with E-state index in [1.54, 1.807) is 48.5 Å². The predicted octanol–water partition coefficient (Wildman–Crippen LogP) is 1.61. The molecule has 9 nitrogen and oxygen atoms in total. The van der Waals surface area contributed by atoms with E-state index in [1.165, 1.54) is 13.0 Å². The summed E-state index contributed by atoms with van der Waals surface area (Å²) in [5.41, 5.74) is 5.64. The van der Waals surface area contributed by atoms with Gasteiger partial charge in [-0.2, -0.15) is 0 Å². The van der Waals surface area contributed by atoms with E-state index in [0.717, 1.165) is 0 Å². The van der Waals surface area contributed by atoms with Crippen molar-refractivity contribution in [3.63, 3.8) is 0 Å². The van der Waals surface area contributed by atoms with Gasteiger partial charge in [0.25, 0.3) is 11.8 Å². The highest BCUT2D eigenvalue weighted by molar-refractivity contribution is 5.98. The summed E-state index contributed by atoms with van der Waals surface area (Å²) in [5, 5.41) is 2.51. The van der Waals surface area contributed by atoms with E-state index < -0.39 is 30.3 Å². The van der Waals surface area contributed by atoms with Gasteiger partial charge in [-0.05, 0) is 31.2 Å². The van der Waals surface area contributed by atoms with Crippen molar-refractivity contribution in [3.05, 3.63) is 65.7 Å². The Kier molecular flexibility index (Phi) is 8.25. The molecule has 0 unspecified atom stereocenters. The summed E-state index contributed by atoms with van der Waals surface area (Å²) in [5.74, 6) is -2.54. The van der Waals surface area contributed by atoms with Gasteiger partial charge in [0.15, 0.2) is 12.4 Å². The maximum Gasteiger partial charge on any atom is 0.306 e. The Labute approximate surface area is 172 Å². The number of amides is 3. The summed E-state index contributed by atoms with van der Waals surface area (Å²) >= 11 is 0. The lowest BCUT2D eigenvalue weighted by atomic mass is 10.1. The predicted molar refractivity (Wildman–Crippen MR) is 107 cm³/mol. The molecule has 9 heteroatoms. The van der Waals surface area contributed by atoms with Crippen molar-refractivity contribution < 1.29 is 28.7 Å². The fraction of sp³-hybridized carbons (Fsp3) is 0.190. The molecule has 30 heavy (non-hydrogen) atoms. The molecular weight excluding hydrogens is 390 g/mol. The largest absolute Gasteiger partial charge is 0.456 e. The zero-order valence-corrected chi connectivity index (χ0v) is 16.3. The van der Waals surface area contributed by atoms with Crippen molar-refractivity contribution in [2.24, 2.45) is 0 Å². The Morgan fingerprint density at radius 2 is 1.50 bits per heavy atom. The number of anilines is 1. The molecule has 0 aliphatic carbocycles. The number of ether oxygens (including phenoxy) is 1. The third-order valence-electron chi connectivity index (χ3n) is 3.82. The standard InChI is InChI=1S/C21H21N3O6/c1-14(25)16-8-5-9-17(12-16)22-19(27)13-30-20(28)11-10-18(26)23-24-21(29)15-6-3-2-4-7-15/h2-9,12H,10-11,13H2,1H3,(H,22,27)(H,23,26)(H,24,29). The van der Waals surface area contributed by atoms with Gasteiger partial charge in [-0.15, -0.1) is 0 Å². The van der Waals surface area contributed by atoms with Crippen molar-refractivity contribution in [2.45, 2.75) is 19.8 Å². The van der Waals surface area contributed by atoms with Gasteiger partial charge in [0.1, 0.15) is 0 Å². The van der Waals surface area contributed by atoms with Gasteiger partial charge in [0.2, 0.25) is 5.91 Å². The highest BCUT2D eigenvalue weighted by atomic mass is 16.5. The second-order valence-electron chi connectivity index (χ2n) is 6.21. The number of rotatable bonds is 8. The number of hydrazine groups is 1. The van der Waals surface area contributed by atoms with E-state index in [2.05, 4.69) is 16.2 Å². The lowest BCUT2D eigenvalue weighted by Crippen LogP contribution is -2.41. The number of carbonyl (C=O) groups is 5. The molecule has 0 bridgehead atoms. The molecule has 0 fully saturated rings. The first-order valence-corrected chi connectivity index (χ1v) is 9.06. The van der Waals surface area contributed by atoms with Gasteiger partial charge < -0.3 is 10.1 Å². The lowest BCUT2D eigenvalue weighted by molar-refractivity contribution is -0.148. The first-order chi connectivity index (χ1) is 14.3. The van der Waals surface area contributed by atoms with Crippen LogP contribution in [0.2, 0.25) is 0 Å². The fourth-order valence-electron chi connectivity index (χ4n) is 2.30. The molecule has 2 aromatic rings. The summed E-state index contributed by atoms with van der Waals surface area (Å²) in [6.45, 7) is 0.876. The number of hydrogen-bond donors (Lipinski definition) is 3. The molecule has 156 valence electrons. The molecule has 2 aromatic carbocycles. The molecule has 0 radical (unpaired) electrons. The highest BCUT2D eigenvalue weighted by Crippen LogP contribution is 2.11. The third kappa shape index (κ3) is 7.55. The van der Waals surface area contributed by atoms with Crippen LogP contribution in [0, 0.1) is 0 Å². The second-order valence-corrected chi connectivity index (χ2v) is 6.21. The molecule has 0 aromatic heterocycles. The Balaban J connectivity index is 1.66. The Bertz CT molecular complexity index is 943. The summed E-state index contributed by atoms with van der Waals surface area (Å²) in [6.07, 6.45) is -0.490. The summed E-state index contributed by atoms with van der Waals surface area (Å²) in [4.78, 5) is 58.4. The summed E-state index contributed by atoms with van der Waals surface area (Å²) in [6, 6.07) is 14.6. The van der Waals surface area contributed by atoms with Crippen molar-refractivity contribution in [1.29, 1.82) is 0 Å². The second kappa shape index (κ2) is 11.1. The van der Waals surface area contributed by atoms with Crippen LogP contribution in [0.4, 0.5) is 5.69 Å². The molecule has 0 spiro atoms. The van der Waals surface area contributed by atoms with Gasteiger partial charge in [-0.25, -0.2) is 0 Å². The van der Waals surface area contributed by atoms with Crippen molar-refractivity contribution in [2.75, 3.05) is 11.9 Å². The van der Waals surface area contributed by atoms with Gasteiger partial charge in [-0.1, -0.05) is 30.3 Å². The lowest BCUT2D eigenvalue weighted by Gasteiger charge is -2.08. The molecule has 0 aliphatic rings. The fourth-order valence-corrected chi connectivity index (χ4v) is 2.30. The molecule has 2 rings (SSSR count). The van der Waals surface area contributed by atoms with E-state index in [0.29, 0.717) is 16.8 Å². The Morgan fingerprint density at radius 1 is 0.800 bits per heavy atom. The van der Waals surface area contributed by atoms with E-state index in [4.69, 9.17) is 4.74 Å². The molecule has 0 saturated heterocycles. The molecule has 3 N–H and O–H groups in total. The summed E-state index contributed by atoms with van der Waals surface area (Å²) < 4.78 is 4.81. The van der Waals surface area contributed by atoms with E-state index >= 15 is 0 Å². The average molecular weight is 411 g/mol. The van der Waals surface area contributed by atoms with E-state index in [-0.39, 0.29) is 18.6 Å². The van der Waals surface area contributed by atoms with Crippen LogP contribution >= 0.6 is 0 Å². The quantitative estimate of drug-likeness (QED) is 0.344. The minimum Gasteiger partial charge on any atom is -0.456 e. The monoisotopic (exact) mass is 411 g/mol. The normalized spacial score (nSPS) is 9.90. The summed E-state index contributed by atoms with van der Waals surface area (Å²) in [7, 11) is 0. The molecular formula is C21H21N3O6. The number of hydrogen-bond acceptors (Lipinski definition) is 6. The zero-order valence-electron chi connectivity index (χ0n) is 16.3. The first kappa shape index (κ1) is 22.3. The molecule has 0 aliphatic heterocycles. The first-order valence-electron chi connectivity index (χ1n) is 9.06. The maximum atomic E-state index is 11.8. The minimum atomic E-state index is -0.743. The maximum absolute atomic E-state index is 11.8. The van der Waals surface area contributed by atoms with Crippen LogP contribution in [0.3, 0.4) is 0 Å². The molecule has 0 heterocycles. The van der Waals surface area contributed by atoms with Crippen LogP contribution in [0.15, 0.2) is 54.6 Å². The Morgan fingerprint density at radius 3 is 2.20 bits per heavy atom. The van der Waals surface area contributed by atoms with Crippen LogP contribution in [0.25, 0.3) is 0 Å². The molecule has 0 saturated carbocycles. The van der Waals surface area contributed by atoms with E-state index in [1.807, 2.05) is 0 Å². The number of benzene rings is 2. The van der Waals surface area contributed by atoms with Crippen LogP contribution in [-0.2, 0) is 19.1 Å². The number of ketones is 1. The van der Waals surface area contributed by atoms with Gasteiger partial charge >= 0.3 is 5.97 Å².